The largest absolute Gasteiger partial charge is 0.416 e. The lowest BCUT2D eigenvalue weighted by Gasteiger charge is -2.19. The van der Waals surface area contributed by atoms with E-state index >= 15 is 0 Å². The minimum Gasteiger partial charge on any atom is -0.361 e. The Balaban J connectivity index is 1.63. The molecular formula is C27H26F3N3O. The monoisotopic (exact) mass is 465 g/mol. The van der Waals surface area contributed by atoms with E-state index in [1.165, 1.54) is 6.07 Å². The first kappa shape index (κ1) is 23.5. The number of aromatic amines is 1. The molecule has 0 saturated heterocycles. The highest BCUT2D eigenvalue weighted by atomic mass is 19.4. The number of halogens is 3. The third-order valence-electron chi connectivity index (χ3n) is 6.03. The van der Waals surface area contributed by atoms with Gasteiger partial charge in [-0.3, -0.25) is 9.78 Å². The SMILES string of the molecule is CCc1cccc2c(C(CC(=O)NCCc3ccccn3)c3cccc(C(F)(F)F)c3)c[nH]c12. The Bertz CT molecular complexity index is 1270. The van der Waals surface area contributed by atoms with E-state index < -0.39 is 17.7 Å². The van der Waals surface area contributed by atoms with Crippen LogP contribution in [0.4, 0.5) is 13.2 Å². The van der Waals surface area contributed by atoms with Gasteiger partial charge in [-0.1, -0.05) is 49.4 Å². The van der Waals surface area contributed by atoms with Crippen LogP contribution in [0.15, 0.2) is 73.1 Å². The summed E-state index contributed by atoms with van der Waals surface area (Å²) < 4.78 is 40.3. The first-order valence-electron chi connectivity index (χ1n) is 11.3. The lowest BCUT2D eigenvalue weighted by atomic mass is 9.86. The molecular weight excluding hydrogens is 439 g/mol. The summed E-state index contributed by atoms with van der Waals surface area (Å²) in [6.07, 6.45) is 0.486. The average Bonchev–Trinajstić information content (AvgIpc) is 3.27. The molecule has 7 heteroatoms. The summed E-state index contributed by atoms with van der Waals surface area (Å²) in [7, 11) is 0. The van der Waals surface area contributed by atoms with Crippen molar-refractivity contribution in [2.75, 3.05) is 6.54 Å². The van der Waals surface area contributed by atoms with E-state index in [0.29, 0.717) is 18.5 Å². The molecule has 2 aromatic heterocycles. The quantitative estimate of drug-likeness (QED) is 0.334. The molecule has 1 atom stereocenters. The standard InChI is InChI=1S/C27H26F3N3O/c1-2-18-7-6-11-22-24(17-33-26(18)22)23(19-8-5-9-20(15-19)27(28,29)30)16-25(34)32-14-12-21-10-3-4-13-31-21/h3-11,13,15,17,23,33H,2,12,14,16H2,1H3,(H,32,34). The zero-order valence-corrected chi connectivity index (χ0v) is 18.8. The van der Waals surface area contributed by atoms with Crippen molar-refractivity contribution in [1.29, 1.82) is 0 Å². The Morgan fingerprint density at radius 1 is 1.09 bits per heavy atom. The van der Waals surface area contributed by atoms with Crippen molar-refractivity contribution in [2.24, 2.45) is 0 Å². The zero-order valence-electron chi connectivity index (χ0n) is 18.8. The van der Waals surface area contributed by atoms with Gasteiger partial charge in [0.05, 0.1) is 5.56 Å². The summed E-state index contributed by atoms with van der Waals surface area (Å²) >= 11 is 0. The Labute approximate surface area is 196 Å². The molecule has 0 bridgehead atoms. The zero-order chi connectivity index (χ0) is 24.1. The maximum atomic E-state index is 13.4. The average molecular weight is 466 g/mol. The fraction of sp³-hybridized carbons (Fsp3) is 0.259. The molecule has 1 amide bonds. The number of hydrogen-bond donors (Lipinski definition) is 2. The predicted molar refractivity (Wildman–Crippen MR) is 127 cm³/mol. The van der Waals surface area contributed by atoms with Crippen LogP contribution in [0.3, 0.4) is 0 Å². The summed E-state index contributed by atoms with van der Waals surface area (Å²) in [6, 6.07) is 16.8. The van der Waals surface area contributed by atoms with Crippen molar-refractivity contribution >= 4 is 16.8 Å². The molecule has 0 aliphatic rings. The Morgan fingerprint density at radius 3 is 2.65 bits per heavy atom. The number of fused-ring (bicyclic) bond motifs is 1. The molecule has 0 fully saturated rings. The Kier molecular flexibility index (Phi) is 7.01. The highest BCUT2D eigenvalue weighted by Gasteiger charge is 2.32. The summed E-state index contributed by atoms with van der Waals surface area (Å²) in [5.41, 5.74) is 3.47. The molecule has 176 valence electrons. The van der Waals surface area contributed by atoms with E-state index in [2.05, 4.69) is 22.2 Å². The van der Waals surface area contributed by atoms with Crippen molar-refractivity contribution in [1.82, 2.24) is 15.3 Å². The number of benzene rings is 2. The van der Waals surface area contributed by atoms with Crippen molar-refractivity contribution < 1.29 is 18.0 Å². The molecule has 1 unspecified atom stereocenters. The number of para-hydroxylation sites is 1. The van der Waals surface area contributed by atoms with Gasteiger partial charge in [-0.25, -0.2) is 0 Å². The van der Waals surface area contributed by atoms with Gasteiger partial charge in [-0.15, -0.1) is 0 Å². The molecule has 0 radical (unpaired) electrons. The minimum absolute atomic E-state index is 0.0346. The molecule has 4 rings (SSSR count). The normalized spacial score (nSPS) is 12.6. The van der Waals surface area contributed by atoms with E-state index in [0.717, 1.165) is 46.3 Å². The minimum atomic E-state index is -4.46. The summed E-state index contributed by atoms with van der Waals surface area (Å²) in [5, 5.41) is 3.82. The number of aromatic nitrogens is 2. The molecule has 0 saturated carbocycles. The second-order valence-electron chi connectivity index (χ2n) is 8.24. The number of amides is 1. The highest BCUT2D eigenvalue weighted by molar-refractivity contribution is 5.88. The van der Waals surface area contributed by atoms with Gasteiger partial charge < -0.3 is 10.3 Å². The number of pyridine rings is 1. The van der Waals surface area contributed by atoms with Crippen LogP contribution in [-0.2, 0) is 23.8 Å². The maximum absolute atomic E-state index is 13.4. The van der Waals surface area contributed by atoms with Gasteiger partial charge in [0.1, 0.15) is 0 Å². The Morgan fingerprint density at radius 2 is 1.91 bits per heavy atom. The molecule has 4 nitrogen and oxygen atoms in total. The number of H-pyrrole nitrogens is 1. The van der Waals surface area contributed by atoms with Gasteiger partial charge in [0.15, 0.2) is 0 Å². The Hall–Kier alpha value is -3.61. The molecule has 0 aliphatic carbocycles. The lowest BCUT2D eigenvalue weighted by Crippen LogP contribution is -2.27. The molecule has 0 spiro atoms. The van der Waals surface area contributed by atoms with Crippen molar-refractivity contribution in [2.45, 2.75) is 38.3 Å². The van der Waals surface area contributed by atoms with Gasteiger partial charge in [0, 0.05) is 54.3 Å². The fourth-order valence-electron chi connectivity index (χ4n) is 4.29. The molecule has 2 heterocycles. The van der Waals surface area contributed by atoms with E-state index in [1.54, 1.807) is 12.3 Å². The van der Waals surface area contributed by atoms with Gasteiger partial charge in [-0.05, 0) is 41.3 Å². The van der Waals surface area contributed by atoms with Crippen molar-refractivity contribution in [3.8, 4) is 0 Å². The molecule has 0 aliphatic heterocycles. The number of hydrogen-bond acceptors (Lipinski definition) is 2. The second-order valence-corrected chi connectivity index (χ2v) is 8.24. The van der Waals surface area contributed by atoms with Crippen LogP contribution in [0.2, 0.25) is 0 Å². The number of rotatable bonds is 8. The third-order valence-corrected chi connectivity index (χ3v) is 6.03. The third kappa shape index (κ3) is 5.30. The summed E-state index contributed by atoms with van der Waals surface area (Å²) in [6.45, 7) is 2.45. The van der Waals surface area contributed by atoms with Gasteiger partial charge in [-0.2, -0.15) is 13.2 Å². The van der Waals surface area contributed by atoms with Gasteiger partial charge in [0.2, 0.25) is 5.91 Å². The fourth-order valence-corrected chi connectivity index (χ4v) is 4.29. The van der Waals surface area contributed by atoms with Crippen LogP contribution in [0.5, 0.6) is 0 Å². The van der Waals surface area contributed by atoms with Gasteiger partial charge in [0.25, 0.3) is 0 Å². The number of alkyl halides is 3. The smallest absolute Gasteiger partial charge is 0.361 e. The number of nitrogens with one attached hydrogen (secondary N) is 2. The number of aryl methyl sites for hydroxylation is 1. The first-order chi connectivity index (χ1) is 16.4. The highest BCUT2D eigenvalue weighted by Crippen LogP contribution is 2.37. The van der Waals surface area contributed by atoms with Crippen LogP contribution in [-0.4, -0.2) is 22.4 Å². The lowest BCUT2D eigenvalue weighted by molar-refractivity contribution is -0.137. The van der Waals surface area contributed by atoms with E-state index in [1.807, 2.05) is 42.6 Å². The molecule has 2 aromatic carbocycles. The van der Waals surface area contributed by atoms with Crippen LogP contribution >= 0.6 is 0 Å². The van der Waals surface area contributed by atoms with Crippen LogP contribution in [0.25, 0.3) is 10.9 Å². The van der Waals surface area contributed by atoms with Crippen LogP contribution in [0, 0.1) is 0 Å². The molecule has 2 N–H and O–H groups in total. The number of carbonyl (C=O) groups excluding carboxylic acids is 1. The van der Waals surface area contributed by atoms with E-state index in [9.17, 15) is 18.0 Å². The predicted octanol–water partition coefficient (Wildman–Crippen LogP) is 6.03. The molecule has 34 heavy (non-hydrogen) atoms. The van der Waals surface area contributed by atoms with Crippen LogP contribution in [0.1, 0.15) is 47.2 Å². The van der Waals surface area contributed by atoms with E-state index in [4.69, 9.17) is 0 Å². The summed E-state index contributed by atoms with van der Waals surface area (Å²) in [4.78, 5) is 20.4. The molecule has 4 aromatic rings. The topological polar surface area (TPSA) is 57.8 Å². The first-order valence-corrected chi connectivity index (χ1v) is 11.3. The second kappa shape index (κ2) is 10.1. The number of carbonyl (C=O) groups is 1. The van der Waals surface area contributed by atoms with E-state index in [-0.39, 0.29) is 12.3 Å². The van der Waals surface area contributed by atoms with Crippen LogP contribution < -0.4 is 5.32 Å². The van der Waals surface area contributed by atoms with Crippen molar-refractivity contribution in [3.05, 3.63) is 101 Å². The van der Waals surface area contributed by atoms with Crippen molar-refractivity contribution in [3.63, 3.8) is 0 Å². The summed E-state index contributed by atoms with van der Waals surface area (Å²) in [5.74, 6) is -0.752. The maximum Gasteiger partial charge on any atom is 0.416 e. The van der Waals surface area contributed by atoms with Gasteiger partial charge >= 0.3 is 6.18 Å². The number of nitrogens with zero attached hydrogens (tertiary/aromatic N) is 1.